The summed E-state index contributed by atoms with van der Waals surface area (Å²) in [6.45, 7) is 3.63. The van der Waals surface area contributed by atoms with Gasteiger partial charge in [0.15, 0.2) is 0 Å². The molecule has 0 radical (unpaired) electrons. The van der Waals surface area contributed by atoms with E-state index in [0.717, 1.165) is 82.7 Å². The summed E-state index contributed by atoms with van der Waals surface area (Å²) in [7, 11) is 0. The van der Waals surface area contributed by atoms with Crippen molar-refractivity contribution in [2.75, 3.05) is 65.5 Å². The minimum Gasteiger partial charge on any atom is -0.371 e. The number of amides is 6. The second-order valence-corrected chi connectivity index (χ2v) is 21.2. The Morgan fingerprint density at radius 2 is 1.49 bits per heavy atom. The zero-order valence-electron chi connectivity index (χ0n) is 41.3. The molecule has 0 aromatic heterocycles. The number of likely N-dealkylation sites (tertiary alicyclic amines) is 1. The highest BCUT2D eigenvalue weighted by Crippen LogP contribution is 2.43. The van der Waals surface area contributed by atoms with Gasteiger partial charge in [-0.1, -0.05) is 55.7 Å². The van der Waals surface area contributed by atoms with Crippen molar-refractivity contribution in [2.24, 2.45) is 11.7 Å². The Balaban J connectivity index is 0.00000256. The summed E-state index contributed by atoms with van der Waals surface area (Å²) in [5, 5.41) is 21.8. The molecule has 72 heavy (non-hydrogen) atoms. The third-order valence-electron chi connectivity index (χ3n) is 16.3. The van der Waals surface area contributed by atoms with Crippen molar-refractivity contribution in [2.45, 2.75) is 119 Å². The Hall–Kier alpha value is -6.04. The summed E-state index contributed by atoms with van der Waals surface area (Å²) in [6.07, 6.45) is 12.0. The Kier molecular flexibility index (Phi) is 15.8. The number of nitrogens with zero attached hydrogens (tertiary/aromatic N) is 3. The molecule has 4 heterocycles. The highest BCUT2D eigenvalue weighted by Gasteiger charge is 2.50. The molecule has 3 aromatic rings. The quantitative estimate of drug-likeness (QED) is 0.0864. The molecule has 3 saturated carbocycles. The van der Waals surface area contributed by atoms with Crippen molar-refractivity contribution in [1.29, 1.82) is 5.41 Å². The van der Waals surface area contributed by atoms with Crippen LogP contribution in [0.5, 0.6) is 0 Å². The van der Waals surface area contributed by atoms with Crippen molar-refractivity contribution in [3.05, 3.63) is 106 Å². The predicted molar refractivity (Wildman–Crippen MR) is 280 cm³/mol. The van der Waals surface area contributed by atoms with Crippen LogP contribution < -0.4 is 27.0 Å². The molecule has 4 saturated heterocycles. The fraction of sp³-hybridized carbons (Fsp3) is 0.545. The van der Waals surface area contributed by atoms with Gasteiger partial charge in [-0.3, -0.25) is 28.8 Å². The number of ether oxygens (including phenoxy) is 1. The molecule has 3 aromatic carbocycles. The number of fused-ring (bicyclic) bond motifs is 3. The van der Waals surface area contributed by atoms with Gasteiger partial charge in [-0.2, -0.15) is 0 Å². The monoisotopic (exact) mass is 998 g/mol. The van der Waals surface area contributed by atoms with E-state index in [0.29, 0.717) is 74.9 Å². The molecular formula is C55H80FN9O7. The number of nitrogens with one attached hydrogen (secondary N) is 5. The molecule has 6 amide bonds. The number of piperazine rings is 1. The Morgan fingerprint density at radius 1 is 0.764 bits per heavy atom. The molecule has 2 atom stereocenters. The van der Waals surface area contributed by atoms with Gasteiger partial charge in [-0.15, -0.1) is 0 Å². The number of nitrogens with two attached hydrogens (primary N) is 1. The number of rotatable bonds is 18. The Bertz CT molecular complexity index is 2540. The summed E-state index contributed by atoms with van der Waals surface area (Å²) in [5.74, 6) is -2.10. The van der Waals surface area contributed by atoms with E-state index in [-0.39, 0.29) is 91.0 Å². The lowest BCUT2D eigenvalue weighted by Gasteiger charge is -2.53. The van der Waals surface area contributed by atoms with Gasteiger partial charge >= 0.3 is 0 Å². The lowest BCUT2D eigenvalue weighted by Crippen LogP contribution is -2.66. The first-order valence-corrected chi connectivity index (χ1v) is 26.2. The van der Waals surface area contributed by atoms with E-state index in [4.69, 9.17) is 15.9 Å². The second-order valence-electron chi connectivity index (χ2n) is 21.2. The normalized spacial score (nSPS) is 23.8. The van der Waals surface area contributed by atoms with Crippen LogP contribution in [-0.2, 0) is 25.5 Å². The van der Waals surface area contributed by atoms with Crippen molar-refractivity contribution in [3.63, 3.8) is 0 Å². The Labute approximate surface area is 428 Å². The molecule has 7 N–H and O–H groups in total. The average Bonchev–Trinajstić information content (AvgIpc) is 4.26. The van der Waals surface area contributed by atoms with E-state index in [2.05, 4.69) is 21.3 Å². The fourth-order valence-corrected chi connectivity index (χ4v) is 11.5. The van der Waals surface area contributed by atoms with Crippen LogP contribution in [0.1, 0.15) is 144 Å². The number of hydrogen-bond donors (Lipinski definition) is 6. The fourth-order valence-electron chi connectivity index (χ4n) is 11.5. The van der Waals surface area contributed by atoms with Gasteiger partial charge < -0.3 is 51.8 Å². The zero-order chi connectivity index (χ0) is 50.4. The lowest BCUT2D eigenvalue weighted by molar-refractivity contribution is -0.163. The van der Waals surface area contributed by atoms with Crippen LogP contribution in [-0.4, -0.2) is 145 Å². The smallest absolute Gasteiger partial charge is 0.256 e. The molecular weight excluding hydrogens is 918 g/mol. The minimum atomic E-state index is -0.682. The van der Waals surface area contributed by atoms with Gasteiger partial charge in [0.25, 0.3) is 11.8 Å². The van der Waals surface area contributed by atoms with Crippen LogP contribution in [0.15, 0.2) is 66.7 Å². The number of carbonyl (C=O) groups excluding carboxylic acids is 6. The number of benzene rings is 3. The van der Waals surface area contributed by atoms with E-state index in [9.17, 15) is 28.8 Å². The van der Waals surface area contributed by atoms with E-state index in [1.54, 1.807) is 35.2 Å². The molecule has 2 bridgehead atoms. The van der Waals surface area contributed by atoms with Crippen LogP contribution >= 0.6 is 0 Å². The maximum atomic E-state index is 15.1. The van der Waals surface area contributed by atoms with E-state index in [1.165, 1.54) is 23.1 Å². The molecule has 0 spiro atoms. The van der Waals surface area contributed by atoms with Crippen LogP contribution in [0.2, 0.25) is 0 Å². The highest BCUT2D eigenvalue weighted by molar-refractivity contribution is 6.09. The third-order valence-corrected chi connectivity index (χ3v) is 16.3. The van der Waals surface area contributed by atoms with Crippen LogP contribution in [0.3, 0.4) is 0 Å². The molecule has 394 valence electrons. The first-order chi connectivity index (χ1) is 34.8. The number of piperidine rings is 1. The summed E-state index contributed by atoms with van der Waals surface area (Å²) in [5.41, 5.74) is 7.26. The highest BCUT2D eigenvalue weighted by atomic mass is 19.1. The lowest BCUT2D eigenvalue weighted by atomic mass is 9.71. The largest absolute Gasteiger partial charge is 0.371 e. The predicted octanol–water partition coefficient (Wildman–Crippen LogP) is 5.67. The molecule has 3 aliphatic carbocycles. The van der Waals surface area contributed by atoms with Crippen molar-refractivity contribution >= 4 is 41.2 Å². The second kappa shape index (κ2) is 22.4. The standard InChI is InChI=1S/C55H70FN9O7.5H2/c56-45-18-15-36(29-46(57)42-13-4-5-14-43(42)50(58)68)28-44(45)53(71)64-26-24-63(25-27-64)48(67)32-61-54-19-21-55(22-20-54,72-35-54)34-60-52(70)49(37-8-2-1-3-9-37)62-51(69)39-11-6-10-38(30-39)40-12-7-23-65(33-40)47(66)31-59-41-16-17-41;;;;;/h4-6,10-11,13-15,18,28,30,37,40-41,49,57,59,61H,1-3,7-9,12,16-17,19-27,29,31-35H2,(H2,58,68)(H,60,70)(H,62,69);5*1H/t40-,49+,54?,55?;;;;;/m0...../s1. The third kappa shape index (κ3) is 12.1. The maximum absolute atomic E-state index is 15.1. The van der Waals surface area contributed by atoms with Crippen LogP contribution in [0.4, 0.5) is 4.39 Å². The summed E-state index contributed by atoms with van der Waals surface area (Å²) >= 11 is 0. The van der Waals surface area contributed by atoms with Crippen LogP contribution in [0, 0.1) is 17.1 Å². The number of halogens is 1. The molecule has 7 aliphatic rings. The Morgan fingerprint density at radius 3 is 2.19 bits per heavy atom. The van der Waals surface area contributed by atoms with Gasteiger partial charge in [-0.25, -0.2) is 4.39 Å². The van der Waals surface area contributed by atoms with Crippen molar-refractivity contribution < 1.29 is 45.0 Å². The van der Waals surface area contributed by atoms with Gasteiger partial charge in [0.2, 0.25) is 23.6 Å². The molecule has 4 aliphatic heterocycles. The molecule has 10 rings (SSSR count). The molecule has 16 nitrogen and oxygen atoms in total. The SMILES string of the molecule is N=C(Cc1ccc(F)c(C(=O)N2CCN(C(=O)CNC34CCC(CNC(=O)[C@H](NC(=O)c5cccc([C@H]6CCCN(C(=O)CNC7CC7)C6)c5)C5CCCCC5)(CC3)OC4)CC2)c1)c1ccccc1C(N)=O.[HH].[HH].[HH].[HH].[HH]. The molecule has 0 unspecified atom stereocenters. The van der Waals surface area contributed by atoms with E-state index < -0.39 is 29.3 Å². The molecule has 7 fully saturated rings. The van der Waals surface area contributed by atoms with Crippen molar-refractivity contribution in [3.8, 4) is 0 Å². The average molecular weight is 998 g/mol. The number of carbonyl (C=O) groups is 6. The van der Waals surface area contributed by atoms with Gasteiger partial charge in [-0.05, 0) is 112 Å². The van der Waals surface area contributed by atoms with Crippen molar-refractivity contribution in [1.82, 2.24) is 36.0 Å². The first kappa shape index (κ1) is 50.9. The zero-order valence-corrected chi connectivity index (χ0v) is 41.3. The topological polar surface area (TPSA) is 219 Å². The number of primary amides is 1. The van der Waals surface area contributed by atoms with E-state index >= 15 is 4.39 Å². The van der Waals surface area contributed by atoms with E-state index in [1.807, 2.05) is 23.1 Å². The minimum absolute atomic E-state index is 0. The maximum Gasteiger partial charge on any atom is 0.256 e. The summed E-state index contributed by atoms with van der Waals surface area (Å²) < 4.78 is 21.6. The van der Waals surface area contributed by atoms with Gasteiger partial charge in [0.05, 0.1) is 30.9 Å². The van der Waals surface area contributed by atoms with Gasteiger partial charge in [0.1, 0.15) is 11.9 Å². The van der Waals surface area contributed by atoms with Gasteiger partial charge in [0, 0.05) is 99.3 Å². The summed E-state index contributed by atoms with van der Waals surface area (Å²) in [4.78, 5) is 85.3. The first-order valence-electron chi connectivity index (χ1n) is 26.2. The number of hydrogen-bond acceptors (Lipinski definition) is 10. The summed E-state index contributed by atoms with van der Waals surface area (Å²) in [6, 6.07) is 18.2. The molecule has 17 heteroatoms. The van der Waals surface area contributed by atoms with Crippen LogP contribution in [0.25, 0.3) is 0 Å².